The molecule has 0 fully saturated rings. The predicted octanol–water partition coefficient (Wildman–Crippen LogP) is 4.34. The first-order chi connectivity index (χ1) is 13.1. The van der Waals surface area contributed by atoms with Gasteiger partial charge in [0, 0.05) is 31.3 Å². The number of nitrogens with two attached hydrogens (primary N) is 1. The maximum atomic E-state index is 12.8. The number of rotatable bonds is 6. The van der Waals surface area contributed by atoms with E-state index in [1.165, 1.54) is 7.11 Å². The summed E-state index contributed by atoms with van der Waals surface area (Å²) in [6, 6.07) is 6.27. The summed E-state index contributed by atoms with van der Waals surface area (Å²) in [5, 5.41) is 2.15. The van der Waals surface area contributed by atoms with Crippen LogP contribution in [0.5, 0.6) is 5.75 Å². The zero-order valence-corrected chi connectivity index (χ0v) is 16.4. The average molecular weight is 416 g/mol. The smallest absolute Gasteiger partial charge is 0.417 e. The minimum Gasteiger partial charge on any atom is -0.496 e. The summed E-state index contributed by atoms with van der Waals surface area (Å²) < 4.78 is 43.8. The molecule has 9 heteroatoms. The topological polar surface area (TPSA) is 67.6 Å². The van der Waals surface area contributed by atoms with Gasteiger partial charge in [-0.3, -0.25) is 4.79 Å². The van der Waals surface area contributed by atoms with Crippen LogP contribution in [-0.2, 0) is 12.7 Å². The Balaban J connectivity index is 2.28. The molecule has 0 aromatic heterocycles. The first kappa shape index (κ1) is 21.7. The van der Waals surface area contributed by atoms with Crippen molar-refractivity contribution >= 4 is 28.9 Å². The number of nitrogens with zero attached hydrogens (tertiary/aromatic N) is 1. The van der Waals surface area contributed by atoms with Crippen molar-refractivity contribution in [3.63, 3.8) is 0 Å². The highest BCUT2D eigenvalue weighted by atomic mass is 35.5. The largest absolute Gasteiger partial charge is 0.496 e. The number of nitrogen functional groups attached to an aromatic ring is 1. The molecule has 28 heavy (non-hydrogen) atoms. The SMILES string of the molecule is CCN(C)c1c(N)ccc(OC)c1CNC(=O)c1ccc(C(F)(F)F)c(Cl)c1. The molecule has 0 spiro atoms. The molecular weight excluding hydrogens is 395 g/mol. The first-order valence-corrected chi connectivity index (χ1v) is 8.79. The molecule has 0 saturated heterocycles. The van der Waals surface area contributed by atoms with E-state index in [1.807, 2.05) is 18.9 Å². The van der Waals surface area contributed by atoms with Crippen LogP contribution in [0.25, 0.3) is 0 Å². The minimum absolute atomic E-state index is 0.0197. The van der Waals surface area contributed by atoms with Crippen LogP contribution in [0.1, 0.15) is 28.4 Å². The summed E-state index contributed by atoms with van der Waals surface area (Å²) in [5.74, 6) is -0.0274. The molecule has 0 saturated carbocycles. The van der Waals surface area contributed by atoms with Crippen molar-refractivity contribution in [2.45, 2.75) is 19.6 Å². The van der Waals surface area contributed by atoms with Crippen LogP contribution in [0, 0.1) is 0 Å². The lowest BCUT2D eigenvalue weighted by atomic mass is 10.1. The lowest BCUT2D eigenvalue weighted by Crippen LogP contribution is -2.26. The van der Waals surface area contributed by atoms with E-state index in [-0.39, 0.29) is 12.1 Å². The van der Waals surface area contributed by atoms with Crippen molar-refractivity contribution in [3.8, 4) is 5.75 Å². The molecular formula is C19H21ClF3N3O2. The first-order valence-electron chi connectivity index (χ1n) is 8.41. The fourth-order valence-corrected chi connectivity index (χ4v) is 3.05. The normalized spacial score (nSPS) is 11.2. The molecule has 2 aromatic carbocycles. The van der Waals surface area contributed by atoms with Gasteiger partial charge in [-0.15, -0.1) is 0 Å². The molecule has 2 rings (SSSR count). The number of anilines is 2. The van der Waals surface area contributed by atoms with Crippen molar-refractivity contribution < 1.29 is 22.7 Å². The Bertz CT molecular complexity index is 872. The number of methoxy groups -OCH3 is 1. The summed E-state index contributed by atoms with van der Waals surface area (Å²) in [7, 11) is 3.36. The molecule has 0 radical (unpaired) electrons. The van der Waals surface area contributed by atoms with E-state index in [1.54, 1.807) is 12.1 Å². The molecule has 0 aliphatic rings. The van der Waals surface area contributed by atoms with E-state index >= 15 is 0 Å². The number of hydrogen-bond acceptors (Lipinski definition) is 4. The fraction of sp³-hybridized carbons (Fsp3) is 0.316. The summed E-state index contributed by atoms with van der Waals surface area (Å²) in [6.07, 6.45) is -4.58. The Hall–Kier alpha value is -2.61. The zero-order valence-electron chi connectivity index (χ0n) is 15.7. The van der Waals surface area contributed by atoms with Gasteiger partial charge in [0.25, 0.3) is 5.91 Å². The molecule has 5 nitrogen and oxygen atoms in total. The molecule has 2 aromatic rings. The van der Waals surface area contributed by atoms with Gasteiger partial charge >= 0.3 is 6.18 Å². The predicted molar refractivity (Wildman–Crippen MR) is 104 cm³/mol. The van der Waals surface area contributed by atoms with E-state index in [0.29, 0.717) is 29.2 Å². The van der Waals surface area contributed by atoms with Gasteiger partial charge in [0.1, 0.15) is 5.75 Å². The molecule has 0 aliphatic heterocycles. The van der Waals surface area contributed by atoms with Gasteiger partial charge in [-0.2, -0.15) is 13.2 Å². The van der Waals surface area contributed by atoms with Gasteiger partial charge in [-0.1, -0.05) is 11.6 Å². The molecule has 0 bridgehead atoms. The molecule has 1 amide bonds. The molecule has 0 atom stereocenters. The standard InChI is InChI=1S/C19H21ClF3N3O2/c1-4-26(2)17-12(16(28-3)8-7-15(17)24)10-25-18(27)11-5-6-13(14(20)9-11)19(21,22)23/h5-9H,4,10,24H2,1-3H3,(H,25,27). The van der Waals surface area contributed by atoms with E-state index < -0.39 is 22.7 Å². The number of ether oxygens (including phenoxy) is 1. The van der Waals surface area contributed by atoms with Crippen molar-refractivity contribution in [1.82, 2.24) is 5.32 Å². The summed E-state index contributed by atoms with van der Waals surface area (Å²) in [4.78, 5) is 14.3. The van der Waals surface area contributed by atoms with Crippen LogP contribution in [0.15, 0.2) is 30.3 Å². The van der Waals surface area contributed by atoms with Gasteiger partial charge in [0.15, 0.2) is 0 Å². The second-order valence-corrected chi connectivity index (χ2v) is 6.48. The van der Waals surface area contributed by atoms with Gasteiger partial charge in [-0.05, 0) is 37.3 Å². The maximum Gasteiger partial charge on any atom is 0.417 e. The molecule has 0 unspecified atom stereocenters. The summed E-state index contributed by atoms with van der Waals surface area (Å²) in [6.45, 7) is 2.70. The van der Waals surface area contributed by atoms with Gasteiger partial charge in [-0.25, -0.2) is 0 Å². The van der Waals surface area contributed by atoms with Gasteiger partial charge < -0.3 is 20.7 Å². The summed E-state index contributed by atoms with van der Waals surface area (Å²) in [5.41, 5.74) is 7.01. The number of nitrogens with one attached hydrogen (secondary N) is 1. The summed E-state index contributed by atoms with van der Waals surface area (Å²) >= 11 is 5.69. The number of halogens is 4. The number of alkyl halides is 3. The highest BCUT2D eigenvalue weighted by Gasteiger charge is 2.33. The van der Waals surface area contributed by atoms with E-state index in [2.05, 4.69) is 5.32 Å². The Kier molecular flexibility index (Phi) is 6.66. The van der Waals surface area contributed by atoms with Crippen LogP contribution >= 0.6 is 11.6 Å². The molecule has 3 N–H and O–H groups in total. The third-order valence-electron chi connectivity index (χ3n) is 4.31. The Labute approximate surface area is 166 Å². The van der Waals surface area contributed by atoms with Crippen LogP contribution < -0.4 is 20.7 Å². The Morgan fingerprint density at radius 3 is 2.50 bits per heavy atom. The van der Waals surface area contributed by atoms with Crippen molar-refractivity contribution in [3.05, 3.63) is 52.0 Å². The third-order valence-corrected chi connectivity index (χ3v) is 4.62. The molecule has 0 aliphatic carbocycles. The van der Waals surface area contributed by atoms with Gasteiger partial charge in [0.2, 0.25) is 0 Å². The van der Waals surface area contributed by atoms with Crippen LogP contribution in [0.4, 0.5) is 24.5 Å². The minimum atomic E-state index is -4.58. The van der Waals surface area contributed by atoms with E-state index in [4.69, 9.17) is 22.1 Å². The third kappa shape index (κ3) is 4.62. The maximum absolute atomic E-state index is 12.8. The second kappa shape index (κ2) is 8.60. The quantitative estimate of drug-likeness (QED) is 0.689. The highest BCUT2D eigenvalue weighted by molar-refractivity contribution is 6.31. The number of benzene rings is 2. The lowest BCUT2D eigenvalue weighted by Gasteiger charge is -2.24. The van der Waals surface area contributed by atoms with Crippen molar-refractivity contribution in [2.24, 2.45) is 0 Å². The van der Waals surface area contributed by atoms with E-state index in [0.717, 1.165) is 18.2 Å². The zero-order chi connectivity index (χ0) is 21.1. The van der Waals surface area contributed by atoms with Crippen LogP contribution in [-0.4, -0.2) is 26.6 Å². The van der Waals surface area contributed by atoms with Crippen molar-refractivity contribution in [2.75, 3.05) is 31.3 Å². The fourth-order valence-electron chi connectivity index (χ4n) is 2.76. The van der Waals surface area contributed by atoms with Crippen molar-refractivity contribution in [1.29, 1.82) is 0 Å². The molecule has 152 valence electrons. The Morgan fingerprint density at radius 1 is 1.29 bits per heavy atom. The van der Waals surface area contributed by atoms with Crippen LogP contribution in [0.2, 0.25) is 5.02 Å². The number of carbonyl (C=O) groups is 1. The number of hydrogen-bond donors (Lipinski definition) is 2. The van der Waals surface area contributed by atoms with Gasteiger partial charge in [0.05, 0.1) is 29.1 Å². The Morgan fingerprint density at radius 2 is 1.96 bits per heavy atom. The lowest BCUT2D eigenvalue weighted by molar-refractivity contribution is -0.137. The monoisotopic (exact) mass is 415 g/mol. The second-order valence-electron chi connectivity index (χ2n) is 6.07. The van der Waals surface area contributed by atoms with Crippen LogP contribution in [0.3, 0.4) is 0 Å². The number of carbonyl (C=O) groups excluding carboxylic acids is 1. The highest BCUT2D eigenvalue weighted by Crippen LogP contribution is 2.36. The average Bonchev–Trinajstić information content (AvgIpc) is 2.64. The number of amides is 1. The molecule has 0 heterocycles. The van der Waals surface area contributed by atoms with E-state index in [9.17, 15) is 18.0 Å².